The lowest BCUT2D eigenvalue weighted by atomic mass is 9.95. The molecule has 0 radical (unpaired) electrons. The zero-order valence-corrected chi connectivity index (χ0v) is 12.5. The molecular formula is C14H15BrClNO. The fourth-order valence-electron chi connectivity index (χ4n) is 2.62. The second-order valence-corrected chi connectivity index (χ2v) is 6.75. The van der Waals surface area contributed by atoms with Crippen LogP contribution in [0.15, 0.2) is 12.1 Å². The minimum atomic E-state index is 0.0552. The first-order valence-corrected chi connectivity index (χ1v) is 7.62. The quantitative estimate of drug-likeness (QED) is 0.823. The summed E-state index contributed by atoms with van der Waals surface area (Å²) in [5.41, 5.74) is 3.05. The molecule has 1 heterocycles. The van der Waals surface area contributed by atoms with Crippen molar-refractivity contribution in [2.75, 3.05) is 5.32 Å². The molecule has 1 aliphatic heterocycles. The van der Waals surface area contributed by atoms with Crippen molar-refractivity contribution in [3.05, 3.63) is 28.3 Å². The van der Waals surface area contributed by atoms with Crippen LogP contribution in [0.1, 0.15) is 35.7 Å². The maximum absolute atomic E-state index is 11.4. The molecule has 0 spiro atoms. The Labute approximate surface area is 120 Å². The van der Waals surface area contributed by atoms with Gasteiger partial charge in [0.25, 0.3) is 0 Å². The van der Waals surface area contributed by atoms with Gasteiger partial charge in [0, 0.05) is 15.5 Å². The minimum Gasteiger partial charge on any atom is -0.325 e. The molecule has 2 aliphatic rings. The molecule has 3 rings (SSSR count). The maximum Gasteiger partial charge on any atom is 0.228 e. The van der Waals surface area contributed by atoms with E-state index in [1.807, 2.05) is 6.07 Å². The maximum atomic E-state index is 11.4. The van der Waals surface area contributed by atoms with E-state index in [4.69, 9.17) is 11.6 Å². The topological polar surface area (TPSA) is 29.1 Å². The number of fused-ring (bicyclic) bond motifs is 1. The summed E-state index contributed by atoms with van der Waals surface area (Å²) in [5.74, 6) is 1.46. The van der Waals surface area contributed by atoms with Gasteiger partial charge in [-0.2, -0.15) is 0 Å². The molecule has 2 nitrogen and oxygen atoms in total. The van der Waals surface area contributed by atoms with Gasteiger partial charge in [0.1, 0.15) is 0 Å². The zero-order valence-electron chi connectivity index (χ0n) is 10.2. The van der Waals surface area contributed by atoms with Crippen molar-refractivity contribution >= 4 is 39.1 Å². The van der Waals surface area contributed by atoms with Gasteiger partial charge in [0.2, 0.25) is 5.91 Å². The molecule has 1 aromatic rings. The first kappa shape index (κ1) is 12.5. The molecule has 0 bridgehead atoms. The second-order valence-electron chi connectivity index (χ2n) is 5.35. The van der Waals surface area contributed by atoms with Crippen molar-refractivity contribution in [3.8, 4) is 0 Å². The SMILES string of the molecule is CC(C1CC1)C(Br)c1cc2c(cc1Cl)NC(=O)C2. The molecule has 0 saturated heterocycles. The lowest BCUT2D eigenvalue weighted by Gasteiger charge is -2.20. The third-order valence-corrected chi connectivity index (χ3v) is 5.63. The van der Waals surface area contributed by atoms with Crippen molar-refractivity contribution in [1.29, 1.82) is 0 Å². The predicted octanol–water partition coefficient (Wildman–Crippen LogP) is 4.32. The lowest BCUT2D eigenvalue weighted by Crippen LogP contribution is -2.06. The Hall–Kier alpha value is -0.540. The molecule has 1 fully saturated rings. The molecule has 18 heavy (non-hydrogen) atoms. The number of hydrogen-bond donors (Lipinski definition) is 1. The standard InChI is InChI=1S/C14H15BrClNO/c1-7(8-2-3-8)14(15)10-4-9-5-13(18)17-12(9)6-11(10)16/h4,6-8,14H,2-3,5H2,1H3,(H,17,18). The summed E-state index contributed by atoms with van der Waals surface area (Å²) in [5, 5.41) is 3.57. The van der Waals surface area contributed by atoms with Crippen LogP contribution in [0.3, 0.4) is 0 Å². The number of benzene rings is 1. The smallest absolute Gasteiger partial charge is 0.228 e. The van der Waals surface area contributed by atoms with Crippen molar-refractivity contribution in [3.63, 3.8) is 0 Å². The Bertz CT molecular complexity index is 513. The molecule has 2 atom stereocenters. The highest BCUT2D eigenvalue weighted by Crippen LogP contribution is 2.48. The molecule has 1 N–H and O–H groups in total. The van der Waals surface area contributed by atoms with Crippen LogP contribution in [0.2, 0.25) is 5.02 Å². The van der Waals surface area contributed by atoms with Gasteiger partial charge in [0.15, 0.2) is 0 Å². The first-order chi connectivity index (χ1) is 8.56. The third-order valence-electron chi connectivity index (χ3n) is 3.97. The number of anilines is 1. The summed E-state index contributed by atoms with van der Waals surface area (Å²) in [6.07, 6.45) is 3.12. The first-order valence-electron chi connectivity index (χ1n) is 6.32. The Morgan fingerprint density at radius 2 is 2.17 bits per heavy atom. The van der Waals surface area contributed by atoms with Gasteiger partial charge in [-0.05, 0) is 41.9 Å². The third kappa shape index (κ3) is 2.19. The Morgan fingerprint density at radius 1 is 1.44 bits per heavy atom. The van der Waals surface area contributed by atoms with Gasteiger partial charge in [-0.15, -0.1) is 0 Å². The Morgan fingerprint density at radius 3 is 2.83 bits per heavy atom. The van der Waals surface area contributed by atoms with E-state index < -0.39 is 0 Å². The van der Waals surface area contributed by atoms with E-state index in [9.17, 15) is 4.79 Å². The number of carbonyl (C=O) groups excluding carboxylic acids is 1. The van der Waals surface area contributed by atoms with Crippen LogP contribution in [0.4, 0.5) is 5.69 Å². The summed E-state index contributed by atoms with van der Waals surface area (Å²) in [4.78, 5) is 11.7. The molecule has 1 amide bonds. The summed E-state index contributed by atoms with van der Waals surface area (Å²) in [6.45, 7) is 2.27. The fraction of sp³-hybridized carbons (Fsp3) is 0.500. The number of alkyl halides is 1. The van der Waals surface area contributed by atoms with E-state index in [-0.39, 0.29) is 10.7 Å². The van der Waals surface area contributed by atoms with Crippen LogP contribution < -0.4 is 5.32 Å². The predicted molar refractivity (Wildman–Crippen MR) is 77.3 cm³/mol. The second kappa shape index (κ2) is 4.53. The van der Waals surface area contributed by atoms with E-state index in [2.05, 4.69) is 34.2 Å². The molecule has 4 heteroatoms. The number of halogens is 2. The summed E-state index contributed by atoms with van der Waals surface area (Å²) < 4.78 is 0. The Kier molecular flexibility index (Phi) is 3.15. The van der Waals surface area contributed by atoms with Crippen molar-refractivity contribution in [2.45, 2.75) is 31.0 Å². The van der Waals surface area contributed by atoms with Crippen molar-refractivity contribution in [2.24, 2.45) is 11.8 Å². The van der Waals surface area contributed by atoms with Crippen LogP contribution in [0.25, 0.3) is 0 Å². The van der Waals surface area contributed by atoms with E-state index in [0.717, 1.165) is 27.8 Å². The number of hydrogen-bond acceptors (Lipinski definition) is 1. The van der Waals surface area contributed by atoms with Crippen LogP contribution >= 0.6 is 27.5 Å². The fourth-order valence-corrected chi connectivity index (χ4v) is 3.85. The highest BCUT2D eigenvalue weighted by atomic mass is 79.9. The van der Waals surface area contributed by atoms with Gasteiger partial charge in [-0.3, -0.25) is 4.79 Å². The lowest BCUT2D eigenvalue weighted by molar-refractivity contribution is -0.115. The minimum absolute atomic E-state index is 0.0552. The molecular weight excluding hydrogens is 314 g/mol. The highest BCUT2D eigenvalue weighted by molar-refractivity contribution is 9.09. The van der Waals surface area contributed by atoms with E-state index in [1.165, 1.54) is 12.8 Å². The summed E-state index contributed by atoms with van der Waals surface area (Å²) in [6, 6.07) is 3.96. The average molecular weight is 329 g/mol. The Balaban J connectivity index is 1.92. The molecule has 0 aromatic heterocycles. The highest BCUT2D eigenvalue weighted by Gasteiger charge is 2.34. The normalized spacial score (nSPS) is 21.4. The number of nitrogens with one attached hydrogen (secondary N) is 1. The monoisotopic (exact) mass is 327 g/mol. The van der Waals surface area contributed by atoms with Crippen LogP contribution in [0, 0.1) is 11.8 Å². The van der Waals surface area contributed by atoms with Gasteiger partial charge >= 0.3 is 0 Å². The number of amides is 1. The van der Waals surface area contributed by atoms with E-state index in [0.29, 0.717) is 12.3 Å². The summed E-state index contributed by atoms with van der Waals surface area (Å²) in [7, 11) is 0. The van der Waals surface area contributed by atoms with Gasteiger partial charge < -0.3 is 5.32 Å². The summed E-state index contributed by atoms with van der Waals surface area (Å²) >= 11 is 10.1. The average Bonchev–Trinajstić information content (AvgIpc) is 3.09. The largest absolute Gasteiger partial charge is 0.325 e. The van der Waals surface area contributed by atoms with E-state index >= 15 is 0 Å². The molecule has 1 aliphatic carbocycles. The van der Waals surface area contributed by atoms with Crippen LogP contribution in [-0.2, 0) is 11.2 Å². The van der Waals surface area contributed by atoms with Gasteiger partial charge in [0.05, 0.1) is 6.42 Å². The zero-order chi connectivity index (χ0) is 12.9. The van der Waals surface area contributed by atoms with Crippen molar-refractivity contribution in [1.82, 2.24) is 0 Å². The molecule has 96 valence electrons. The van der Waals surface area contributed by atoms with Gasteiger partial charge in [-0.25, -0.2) is 0 Å². The van der Waals surface area contributed by atoms with Crippen molar-refractivity contribution < 1.29 is 4.79 Å². The van der Waals surface area contributed by atoms with E-state index in [1.54, 1.807) is 0 Å². The molecule has 1 aromatic carbocycles. The number of rotatable bonds is 3. The molecule has 1 saturated carbocycles. The molecule has 2 unspecified atom stereocenters. The van der Waals surface area contributed by atoms with Gasteiger partial charge in [-0.1, -0.05) is 40.5 Å². The number of carbonyl (C=O) groups is 1. The van der Waals surface area contributed by atoms with Crippen LogP contribution in [0.5, 0.6) is 0 Å². The van der Waals surface area contributed by atoms with Crippen LogP contribution in [-0.4, -0.2) is 5.91 Å².